The Kier molecular flexibility index (Phi) is 5.33. The van der Waals surface area contributed by atoms with Crippen LogP contribution in [0.15, 0.2) is 48.0 Å². The minimum Gasteiger partial charge on any atom is -0.507 e. The van der Waals surface area contributed by atoms with E-state index in [9.17, 15) is 19.1 Å². The molecule has 3 aliphatic rings. The van der Waals surface area contributed by atoms with Crippen molar-refractivity contribution in [3.63, 3.8) is 0 Å². The van der Waals surface area contributed by atoms with Crippen molar-refractivity contribution in [2.24, 2.45) is 0 Å². The van der Waals surface area contributed by atoms with E-state index in [1.807, 2.05) is 0 Å². The Morgan fingerprint density at radius 2 is 1.62 bits per heavy atom. The van der Waals surface area contributed by atoms with Crippen LogP contribution in [-0.2, 0) is 9.59 Å². The molecule has 166 valence electrons. The number of ether oxygens (including phenoxy) is 2. The summed E-state index contributed by atoms with van der Waals surface area (Å²) in [4.78, 5) is 27.9. The fourth-order valence-electron chi connectivity index (χ4n) is 4.90. The van der Waals surface area contributed by atoms with E-state index >= 15 is 0 Å². The van der Waals surface area contributed by atoms with Crippen molar-refractivity contribution < 1.29 is 28.6 Å². The van der Waals surface area contributed by atoms with Gasteiger partial charge in [0.05, 0.1) is 11.6 Å². The number of ketones is 1. The number of rotatable bonds is 3. The molecule has 2 heterocycles. The number of Topliss-reactive ketones (excluding diaryl/α,β-unsaturated/α-hetero) is 1. The fraction of sp³-hybridized carbons (Fsp3) is 0.360. The molecule has 0 spiro atoms. The average Bonchev–Trinajstić information content (AvgIpc) is 3.09. The molecule has 32 heavy (non-hydrogen) atoms. The van der Waals surface area contributed by atoms with Crippen LogP contribution in [0.1, 0.15) is 49.3 Å². The molecule has 2 aromatic carbocycles. The number of fused-ring (bicyclic) bond motifs is 1. The van der Waals surface area contributed by atoms with Crippen LogP contribution in [0, 0.1) is 5.82 Å². The van der Waals surface area contributed by atoms with Crippen LogP contribution >= 0.6 is 0 Å². The van der Waals surface area contributed by atoms with Crippen LogP contribution in [0.2, 0.25) is 0 Å². The van der Waals surface area contributed by atoms with Gasteiger partial charge in [0.15, 0.2) is 11.5 Å². The van der Waals surface area contributed by atoms with Crippen LogP contribution in [0.3, 0.4) is 0 Å². The monoisotopic (exact) mass is 437 g/mol. The minimum atomic E-state index is -0.771. The molecule has 1 amide bonds. The zero-order chi connectivity index (χ0) is 22.2. The Morgan fingerprint density at radius 3 is 2.34 bits per heavy atom. The number of likely N-dealkylation sites (tertiary alicyclic amines) is 1. The third-order valence-electron chi connectivity index (χ3n) is 6.45. The first kappa shape index (κ1) is 20.5. The van der Waals surface area contributed by atoms with E-state index in [1.165, 1.54) is 12.1 Å². The van der Waals surface area contributed by atoms with E-state index < -0.39 is 23.5 Å². The lowest BCUT2D eigenvalue weighted by Gasteiger charge is -2.35. The molecule has 1 unspecified atom stereocenters. The molecule has 7 heteroatoms. The Morgan fingerprint density at radius 1 is 0.938 bits per heavy atom. The molecule has 1 atom stereocenters. The highest BCUT2D eigenvalue weighted by atomic mass is 19.1. The fourth-order valence-corrected chi connectivity index (χ4v) is 4.90. The number of nitrogens with zero attached hydrogens (tertiary/aromatic N) is 1. The Bertz CT molecular complexity index is 1090. The number of hydrogen-bond donors (Lipinski definition) is 1. The highest BCUT2D eigenvalue weighted by Crippen LogP contribution is 2.44. The number of benzene rings is 2. The van der Waals surface area contributed by atoms with Crippen molar-refractivity contribution in [1.29, 1.82) is 0 Å². The number of hydrogen-bond acceptors (Lipinski definition) is 5. The van der Waals surface area contributed by atoms with Gasteiger partial charge in [-0.2, -0.15) is 0 Å². The van der Waals surface area contributed by atoms with Gasteiger partial charge in [-0.3, -0.25) is 9.59 Å². The molecule has 2 aliphatic heterocycles. The van der Waals surface area contributed by atoms with Gasteiger partial charge in [0.25, 0.3) is 11.7 Å². The van der Waals surface area contributed by atoms with Crippen molar-refractivity contribution in [3.8, 4) is 11.5 Å². The van der Waals surface area contributed by atoms with Gasteiger partial charge in [0.2, 0.25) is 0 Å². The number of carbonyl (C=O) groups excluding carboxylic acids is 2. The van der Waals surface area contributed by atoms with Crippen molar-refractivity contribution in [1.82, 2.24) is 4.90 Å². The molecule has 6 nitrogen and oxygen atoms in total. The molecule has 0 radical (unpaired) electrons. The van der Waals surface area contributed by atoms with Gasteiger partial charge in [0, 0.05) is 11.6 Å². The molecule has 0 bridgehead atoms. The molecule has 1 N–H and O–H groups in total. The second-order valence-electron chi connectivity index (χ2n) is 8.41. The first-order valence-electron chi connectivity index (χ1n) is 11.0. The molecule has 2 fully saturated rings. The smallest absolute Gasteiger partial charge is 0.295 e. The molecule has 5 rings (SSSR count). The summed E-state index contributed by atoms with van der Waals surface area (Å²) in [7, 11) is 0. The number of halogens is 1. The van der Waals surface area contributed by atoms with Crippen LogP contribution in [0.4, 0.5) is 4.39 Å². The summed E-state index contributed by atoms with van der Waals surface area (Å²) >= 11 is 0. The lowest BCUT2D eigenvalue weighted by atomic mass is 9.91. The molecule has 2 aromatic rings. The normalized spacial score (nSPS) is 22.9. The van der Waals surface area contributed by atoms with E-state index in [1.54, 1.807) is 35.2 Å². The van der Waals surface area contributed by atoms with E-state index in [-0.39, 0.29) is 17.4 Å². The van der Waals surface area contributed by atoms with Crippen LogP contribution in [0.25, 0.3) is 5.76 Å². The lowest BCUT2D eigenvalue weighted by molar-refractivity contribution is -0.141. The lowest BCUT2D eigenvalue weighted by Crippen LogP contribution is -2.40. The standard InChI is InChI=1S/C25H24FNO5/c26-17-9-6-15(7-10-17)22-21(24(29)25(30)27(22)18-4-2-1-3-5-18)23(28)16-8-11-19-20(14-16)32-13-12-31-19/h6-11,14,18,22,28H,1-5,12-13H2/b23-21-. The summed E-state index contributed by atoms with van der Waals surface area (Å²) in [6, 6.07) is 9.80. The van der Waals surface area contributed by atoms with Crippen molar-refractivity contribution in [2.45, 2.75) is 44.2 Å². The highest BCUT2D eigenvalue weighted by molar-refractivity contribution is 6.46. The van der Waals surface area contributed by atoms with E-state index in [4.69, 9.17) is 9.47 Å². The summed E-state index contributed by atoms with van der Waals surface area (Å²) in [6.45, 7) is 0.828. The summed E-state index contributed by atoms with van der Waals surface area (Å²) in [5.74, 6) is -0.989. The zero-order valence-corrected chi connectivity index (χ0v) is 17.6. The van der Waals surface area contributed by atoms with Crippen LogP contribution in [-0.4, -0.2) is 41.0 Å². The number of carbonyl (C=O) groups is 2. The van der Waals surface area contributed by atoms with Gasteiger partial charge < -0.3 is 19.5 Å². The molecule has 1 saturated heterocycles. The predicted molar refractivity (Wildman–Crippen MR) is 115 cm³/mol. The Hall–Kier alpha value is -3.35. The Balaban J connectivity index is 1.63. The maximum Gasteiger partial charge on any atom is 0.295 e. The van der Waals surface area contributed by atoms with E-state index in [0.29, 0.717) is 35.8 Å². The van der Waals surface area contributed by atoms with E-state index in [0.717, 1.165) is 32.1 Å². The second-order valence-corrected chi connectivity index (χ2v) is 8.41. The van der Waals surface area contributed by atoms with Crippen LogP contribution < -0.4 is 9.47 Å². The van der Waals surface area contributed by atoms with Crippen molar-refractivity contribution in [2.75, 3.05) is 13.2 Å². The second kappa shape index (κ2) is 8.30. The summed E-state index contributed by atoms with van der Waals surface area (Å²) < 4.78 is 24.8. The number of amides is 1. The van der Waals surface area contributed by atoms with Gasteiger partial charge in [-0.15, -0.1) is 0 Å². The molecular formula is C25H24FNO5. The highest BCUT2D eigenvalue weighted by Gasteiger charge is 2.48. The van der Waals surface area contributed by atoms with Crippen molar-refractivity contribution in [3.05, 3.63) is 65.0 Å². The quantitative estimate of drug-likeness (QED) is 0.439. The van der Waals surface area contributed by atoms with E-state index in [2.05, 4.69) is 0 Å². The topological polar surface area (TPSA) is 76.1 Å². The van der Waals surface area contributed by atoms with Crippen LogP contribution in [0.5, 0.6) is 11.5 Å². The largest absolute Gasteiger partial charge is 0.507 e. The van der Waals surface area contributed by atoms with Gasteiger partial charge in [-0.05, 0) is 48.7 Å². The SMILES string of the molecule is O=C1C(=O)N(C2CCCCC2)C(c2ccc(F)cc2)/C1=C(/O)c1ccc2c(c1)OCCO2. The maximum atomic E-state index is 13.6. The summed E-state index contributed by atoms with van der Waals surface area (Å²) in [5.41, 5.74) is 0.974. The van der Waals surface area contributed by atoms with Gasteiger partial charge in [0.1, 0.15) is 24.8 Å². The van der Waals surface area contributed by atoms with Gasteiger partial charge in [-0.25, -0.2) is 4.39 Å². The zero-order valence-electron chi connectivity index (χ0n) is 17.6. The average molecular weight is 437 g/mol. The third kappa shape index (κ3) is 3.51. The Labute approximate surface area is 185 Å². The third-order valence-corrected chi connectivity index (χ3v) is 6.45. The van der Waals surface area contributed by atoms with Gasteiger partial charge in [-0.1, -0.05) is 31.4 Å². The number of aliphatic hydroxyl groups is 1. The molecule has 1 aliphatic carbocycles. The molecule has 1 saturated carbocycles. The van der Waals surface area contributed by atoms with Gasteiger partial charge >= 0.3 is 0 Å². The molecule has 0 aromatic heterocycles. The minimum absolute atomic E-state index is 0.0175. The summed E-state index contributed by atoms with van der Waals surface area (Å²) in [5, 5.41) is 11.2. The first-order valence-corrected chi connectivity index (χ1v) is 11.0. The predicted octanol–water partition coefficient (Wildman–Crippen LogP) is 4.35. The van der Waals surface area contributed by atoms with Crippen molar-refractivity contribution >= 4 is 17.4 Å². The molecular weight excluding hydrogens is 413 g/mol. The maximum absolute atomic E-state index is 13.6. The first-order chi connectivity index (χ1) is 15.5. The summed E-state index contributed by atoms with van der Waals surface area (Å²) in [6.07, 6.45) is 4.65. The number of aliphatic hydroxyl groups excluding tert-OH is 1.